The van der Waals surface area contributed by atoms with Gasteiger partial charge in [0.15, 0.2) is 0 Å². The van der Waals surface area contributed by atoms with Gasteiger partial charge in [0, 0.05) is 0 Å². The van der Waals surface area contributed by atoms with E-state index < -0.39 is 13.8 Å². The van der Waals surface area contributed by atoms with Crippen molar-refractivity contribution >= 4 is 54.4 Å². The van der Waals surface area contributed by atoms with Crippen LogP contribution in [0, 0.1) is 0 Å². The van der Waals surface area contributed by atoms with Gasteiger partial charge in [0.1, 0.15) is 0 Å². The first-order chi connectivity index (χ1) is 8.00. The average Bonchev–Trinajstić information content (AvgIpc) is 2.30. The molecule has 0 aliphatic rings. The van der Waals surface area contributed by atoms with Crippen LogP contribution in [0.25, 0.3) is 0 Å². The first-order valence-corrected chi connectivity index (χ1v) is 9.92. The summed E-state index contributed by atoms with van der Waals surface area (Å²) < 4.78 is 25.4. The molecule has 2 nitrogen and oxygen atoms in total. The summed E-state index contributed by atoms with van der Waals surface area (Å²) in [6.07, 6.45) is 0. The SMILES string of the molecule is O=[As](O)(c1ccc(Br)cc1)c1ccc(Br)cc1. The number of halogens is 2. The van der Waals surface area contributed by atoms with Crippen molar-refractivity contribution in [2.75, 3.05) is 0 Å². The quantitative estimate of drug-likeness (QED) is 0.758. The van der Waals surface area contributed by atoms with Crippen LogP contribution in [-0.4, -0.2) is 17.9 Å². The molecule has 0 unspecified atom stereocenters. The monoisotopic (exact) mass is 418 g/mol. The van der Waals surface area contributed by atoms with E-state index in [4.69, 9.17) is 0 Å². The molecule has 2 rings (SSSR count). The van der Waals surface area contributed by atoms with E-state index in [0.717, 1.165) is 8.95 Å². The van der Waals surface area contributed by atoms with Crippen LogP contribution in [0.3, 0.4) is 0 Å². The molecule has 0 atom stereocenters. The van der Waals surface area contributed by atoms with Crippen molar-refractivity contribution in [3.63, 3.8) is 0 Å². The van der Waals surface area contributed by atoms with Crippen molar-refractivity contribution in [3.8, 4) is 0 Å². The molecule has 2 aromatic carbocycles. The standard InChI is InChI=1S/C12H9AsBr2O2/c14-11-5-1-9(2-6-11)13(16,17)10-3-7-12(15)8-4-10/h1-8H,(H,16,17). The first kappa shape index (κ1) is 13.2. The van der Waals surface area contributed by atoms with Gasteiger partial charge in [0.05, 0.1) is 0 Å². The third-order valence-electron chi connectivity index (χ3n) is 2.35. The van der Waals surface area contributed by atoms with Gasteiger partial charge in [-0.15, -0.1) is 0 Å². The maximum absolute atomic E-state index is 12.4. The van der Waals surface area contributed by atoms with E-state index in [1.54, 1.807) is 48.5 Å². The predicted molar refractivity (Wildman–Crippen MR) is 76.2 cm³/mol. The van der Waals surface area contributed by atoms with Crippen LogP contribution >= 0.6 is 31.9 Å². The molecular weight excluding hydrogens is 411 g/mol. The topological polar surface area (TPSA) is 37.3 Å². The zero-order chi connectivity index (χ0) is 12.5. The summed E-state index contributed by atoms with van der Waals surface area (Å²) in [5.41, 5.74) is 0. The van der Waals surface area contributed by atoms with Crippen molar-refractivity contribution in [2.45, 2.75) is 0 Å². The van der Waals surface area contributed by atoms with Crippen molar-refractivity contribution in [2.24, 2.45) is 0 Å². The fraction of sp³-hybridized carbons (Fsp3) is 0. The second kappa shape index (κ2) is 5.15. The molecule has 88 valence electrons. The summed E-state index contributed by atoms with van der Waals surface area (Å²) >= 11 is 2.45. The van der Waals surface area contributed by atoms with Gasteiger partial charge >= 0.3 is 120 Å². The normalized spacial score (nSPS) is 11.5. The third-order valence-corrected chi connectivity index (χ3v) is 7.60. The summed E-state index contributed by atoms with van der Waals surface area (Å²) in [6, 6.07) is 13.9. The zero-order valence-corrected chi connectivity index (χ0v) is 13.7. The third kappa shape index (κ3) is 2.94. The van der Waals surface area contributed by atoms with E-state index in [1.807, 2.05) is 0 Å². The average molecular weight is 420 g/mol. The van der Waals surface area contributed by atoms with E-state index in [0.29, 0.717) is 8.70 Å². The number of hydrogen-bond donors (Lipinski definition) is 1. The Morgan fingerprint density at radius 1 is 0.765 bits per heavy atom. The maximum atomic E-state index is 12.4. The van der Waals surface area contributed by atoms with Gasteiger partial charge in [-0.2, -0.15) is 0 Å². The Morgan fingerprint density at radius 2 is 1.06 bits per heavy atom. The van der Waals surface area contributed by atoms with Gasteiger partial charge in [0.25, 0.3) is 0 Å². The molecule has 17 heavy (non-hydrogen) atoms. The fourth-order valence-corrected chi connectivity index (χ4v) is 4.91. The van der Waals surface area contributed by atoms with Crippen LogP contribution in [-0.2, 0) is 3.74 Å². The Kier molecular flexibility index (Phi) is 3.98. The Hall–Kier alpha value is -0.282. The molecule has 1 N–H and O–H groups in total. The summed E-state index contributed by atoms with van der Waals surface area (Å²) in [7, 11) is 0. The van der Waals surface area contributed by atoms with Crippen LogP contribution in [0.5, 0.6) is 0 Å². The van der Waals surface area contributed by atoms with Crippen LogP contribution in [0.2, 0.25) is 0 Å². The van der Waals surface area contributed by atoms with Crippen molar-refractivity contribution in [3.05, 3.63) is 57.5 Å². The van der Waals surface area contributed by atoms with E-state index in [2.05, 4.69) is 31.9 Å². The van der Waals surface area contributed by atoms with E-state index in [9.17, 15) is 7.84 Å². The molecule has 0 saturated heterocycles. The molecule has 0 bridgehead atoms. The Labute approximate surface area is 119 Å². The molecule has 0 radical (unpaired) electrons. The van der Waals surface area contributed by atoms with Gasteiger partial charge in [-0.05, 0) is 0 Å². The van der Waals surface area contributed by atoms with Gasteiger partial charge < -0.3 is 0 Å². The molecule has 0 aliphatic heterocycles. The van der Waals surface area contributed by atoms with Crippen molar-refractivity contribution in [1.29, 1.82) is 0 Å². The molecule has 2 aromatic rings. The molecule has 0 amide bonds. The van der Waals surface area contributed by atoms with Crippen LogP contribution < -0.4 is 8.70 Å². The van der Waals surface area contributed by atoms with Gasteiger partial charge in [-0.25, -0.2) is 0 Å². The Balaban J connectivity index is 2.45. The van der Waals surface area contributed by atoms with E-state index in [1.165, 1.54) is 0 Å². The fourth-order valence-electron chi connectivity index (χ4n) is 1.44. The van der Waals surface area contributed by atoms with Crippen molar-refractivity contribution in [1.82, 2.24) is 0 Å². The molecular formula is C12H9AsBr2O2. The van der Waals surface area contributed by atoms with Gasteiger partial charge in [-0.3, -0.25) is 0 Å². The Morgan fingerprint density at radius 3 is 1.35 bits per heavy atom. The summed E-state index contributed by atoms with van der Waals surface area (Å²) in [4.78, 5) is 0. The molecule has 0 heterocycles. The molecule has 0 saturated carbocycles. The number of benzene rings is 2. The predicted octanol–water partition coefficient (Wildman–Crippen LogP) is 2.19. The molecule has 0 aromatic heterocycles. The molecule has 0 aliphatic carbocycles. The molecule has 0 fully saturated rings. The van der Waals surface area contributed by atoms with Gasteiger partial charge in [-0.1, -0.05) is 0 Å². The summed E-state index contributed by atoms with van der Waals surface area (Å²) in [5.74, 6) is 0. The van der Waals surface area contributed by atoms with Crippen molar-refractivity contribution < 1.29 is 7.84 Å². The van der Waals surface area contributed by atoms with Crippen LogP contribution in [0.15, 0.2) is 57.5 Å². The second-order valence-electron chi connectivity index (χ2n) is 3.53. The number of hydrogen-bond acceptors (Lipinski definition) is 1. The Bertz CT molecular complexity index is 515. The zero-order valence-electron chi connectivity index (χ0n) is 8.68. The van der Waals surface area contributed by atoms with E-state index >= 15 is 0 Å². The minimum absolute atomic E-state index is 0.494. The van der Waals surface area contributed by atoms with Crippen LogP contribution in [0.1, 0.15) is 0 Å². The summed E-state index contributed by atoms with van der Waals surface area (Å²) in [5, 5.41) is 0. The second-order valence-corrected chi connectivity index (χ2v) is 9.94. The molecule has 5 heteroatoms. The van der Waals surface area contributed by atoms with Crippen LogP contribution in [0.4, 0.5) is 0 Å². The molecule has 0 spiro atoms. The van der Waals surface area contributed by atoms with E-state index in [-0.39, 0.29) is 0 Å². The first-order valence-electron chi connectivity index (χ1n) is 4.85. The minimum atomic E-state index is -4.17. The summed E-state index contributed by atoms with van der Waals surface area (Å²) in [6.45, 7) is 0. The van der Waals surface area contributed by atoms with Gasteiger partial charge in [0.2, 0.25) is 0 Å². The number of rotatable bonds is 2.